The summed E-state index contributed by atoms with van der Waals surface area (Å²) in [7, 11) is 0. The number of aromatic nitrogens is 2. The normalized spacial score (nSPS) is 12.4. The first-order chi connectivity index (χ1) is 11.0. The molecular weight excluding hydrogens is 310 g/mol. The zero-order valence-electron chi connectivity index (χ0n) is 14.0. The summed E-state index contributed by atoms with van der Waals surface area (Å²) < 4.78 is 5.46. The largest absolute Gasteiger partial charge is 0.380 e. The van der Waals surface area contributed by atoms with E-state index in [4.69, 9.17) is 4.74 Å². The zero-order valence-corrected chi connectivity index (χ0v) is 14.8. The summed E-state index contributed by atoms with van der Waals surface area (Å²) in [5, 5.41) is 3.82. The highest BCUT2D eigenvalue weighted by Gasteiger charge is 2.21. The number of nitrogens with zero attached hydrogens (tertiary/aromatic N) is 2. The Bertz CT molecular complexity index is 641. The van der Waals surface area contributed by atoms with Gasteiger partial charge >= 0.3 is 0 Å². The minimum Gasteiger partial charge on any atom is -0.380 e. The average molecular weight is 333 g/mol. The monoisotopic (exact) mass is 333 g/mol. The summed E-state index contributed by atoms with van der Waals surface area (Å²) in [6.45, 7) is 9.11. The number of hydrogen-bond acceptors (Lipinski definition) is 5. The van der Waals surface area contributed by atoms with Crippen molar-refractivity contribution in [1.82, 2.24) is 15.3 Å². The van der Waals surface area contributed by atoms with Gasteiger partial charge in [0.25, 0.3) is 5.91 Å². The van der Waals surface area contributed by atoms with Gasteiger partial charge in [0.1, 0.15) is 9.88 Å². The first-order valence-corrected chi connectivity index (χ1v) is 8.62. The number of amides is 1. The summed E-state index contributed by atoms with van der Waals surface area (Å²) in [5.74, 6) is 0.203. The molecule has 0 bridgehead atoms. The summed E-state index contributed by atoms with van der Waals surface area (Å²) in [6, 6.07) is 5.66. The smallest absolute Gasteiger partial charge is 0.263 e. The maximum atomic E-state index is 12.6. The van der Waals surface area contributed by atoms with Crippen molar-refractivity contribution in [2.24, 2.45) is 5.92 Å². The van der Waals surface area contributed by atoms with Gasteiger partial charge in [-0.2, -0.15) is 0 Å². The lowest BCUT2D eigenvalue weighted by molar-refractivity contribution is 0.0809. The quantitative estimate of drug-likeness (QED) is 0.844. The summed E-state index contributed by atoms with van der Waals surface area (Å²) in [4.78, 5) is 22.0. The topological polar surface area (TPSA) is 64.1 Å². The van der Waals surface area contributed by atoms with Crippen LogP contribution >= 0.6 is 11.3 Å². The molecule has 1 atom stereocenters. The van der Waals surface area contributed by atoms with Gasteiger partial charge in [0.2, 0.25) is 0 Å². The van der Waals surface area contributed by atoms with Crippen molar-refractivity contribution in [2.75, 3.05) is 13.2 Å². The predicted molar refractivity (Wildman–Crippen MR) is 92.7 cm³/mol. The van der Waals surface area contributed by atoms with Gasteiger partial charge in [0, 0.05) is 12.8 Å². The van der Waals surface area contributed by atoms with E-state index >= 15 is 0 Å². The maximum Gasteiger partial charge on any atom is 0.263 e. The lowest BCUT2D eigenvalue weighted by atomic mass is 10.1. The van der Waals surface area contributed by atoms with Crippen molar-refractivity contribution in [3.8, 4) is 10.7 Å². The SMILES string of the molecule is CCOCC(NC(=O)c1sc(-c2ccccn2)nc1C)C(C)C. The Labute approximate surface area is 141 Å². The molecule has 124 valence electrons. The molecular formula is C17H23N3O2S. The number of thiazole rings is 1. The molecule has 0 aliphatic rings. The third-order valence-electron chi connectivity index (χ3n) is 3.51. The third kappa shape index (κ3) is 4.59. The van der Waals surface area contributed by atoms with Crippen LogP contribution in [-0.4, -0.2) is 35.1 Å². The Kier molecular flexibility index (Phi) is 6.24. The van der Waals surface area contributed by atoms with Gasteiger partial charge in [-0.25, -0.2) is 4.98 Å². The van der Waals surface area contributed by atoms with Gasteiger partial charge in [-0.1, -0.05) is 19.9 Å². The second-order valence-electron chi connectivity index (χ2n) is 5.63. The standard InChI is InChI=1S/C17H23N3O2S/c1-5-22-10-14(11(2)3)20-16(21)15-12(4)19-17(23-15)13-8-6-7-9-18-13/h6-9,11,14H,5,10H2,1-4H3,(H,20,21). The van der Waals surface area contributed by atoms with Crippen LogP contribution in [0.2, 0.25) is 0 Å². The fraction of sp³-hybridized carbons (Fsp3) is 0.471. The lowest BCUT2D eigenvalue weighted by Crippen LogP contribution is -2.41. The van der Waals surface area contributed by atoms with E-state index < -0.39 is 0 Å². The number of carbonyl (C=O) groups excluding carboxylic acids is 1. The van der Waals surface area contributed by atoms with Crippen molar-refractivity contribution in [1.29, 1.82) is 0 Å². The molecule has 1 amide bonds. The summed E-state index contributed by atoms with van der Waals surface area (Å²) >= 11 is 1.37. The number of aryl methyl sites for hydroxylation is 1. The first kappa shape index (κ1) is 17.6. The molecule has 2 rings (SSSR count). The fourth-order valence-corrected chi connectivity index (χ4v) is 3.03. The van der Waals surface area contributed by atoms with Crippen molar-refractivity contribution in [3.63, 3.8) is 0 Å². The van der Waals surface area contributed by atoms with Gasteiger partial charge in [-0.15, -0.1) is 11.3 Å². The van der Waals surface area contributed by atoms with Gasteiger partial charge in [-0.05, 0) is 31.9 Å². The van der Waals surface area contributed by atoms with Crippen LogP contribution in [0.5, 0.6) is 0 Å². The third-order valence-corrected chi connectivity index (χ3v) is 4.69. The minimum absolute atomic E-state index is 0.0118. The van der Waals surface area contributed by atoms with E-state index in [1.165, 1.54) is 11.3 Å². The average Bonchev–Trinajstić information content (AvgIpc) is 2.94. The van der Waals surface area contributed by atoms with Crippen LogP contribution < -0.4 is 5.32 Å². The lowest BCUT2D eigenvalue weighted by Gasteiger charge is -2.21. The van der Waals surface area contributed by atoms with Gasteiger partial charge in [0.05, 0.1) is 24.0 Å². The molecule has 0 aliphatic heterocycles. The Morgan fingerprint density at radius 1 is 1.39 bits per heavy atom. The molecule has 0 fully saturated rings. The first-order valence-electron chi connectivity index (χ1n) is 7.80. The van der Waals surface area contributed by atoms with Gasteiger partial charge in [-0.3, -0.25) is 9.78 Å². The van der Waals surface area contributed by atoms with Crippen LogP contribution in [0.4, 0.5) is 0 Å². The number of pyridine rings is 1. The van der Waals surface area contributed by atoms with Crippen molar-refractivity contribution in [3.05, 3.63) is 35.0 Å². The highest BCUT2D eigenvalue weighted by molar-refractivity contribution is 7.17. The van der Waals surface area contributed by atoms with Gasteiger partial charge < -0.3 is 10.1 Å². The van der Waals surface area contributed by atoms with Crippen molar-refractivity contribution < 1.29 is 9.53 Å². The van der Waals surface area contributed by atoms with Gasteiger partial charge in [0.15, 0.2) is 0 Å². The van der Waals surface area contributed by atoms with Crippen LogP contribution in [0.3, 0.4) is 0 Å². The number of hydrogen-bond donors (Lipinski definition) is 1. The molecule has 1 N–H and O–H groups in total. The Morgan fingerprint density at radius 2 is 2.17 bits per heavy atom. The molecule has 6 heteroatoms. The highest BCUT2D eigenvalue weighted by atomic mass is 32.1. The highest BCUT2D eigenvalue weighted by Crippen LogP contribution is 2.26. The van der Waals surface area contributed by atoms with Crippen LogP contribution in [0.15, 0.2) is 24.4 Å². The maximum absolute atomic E-state index is 12.6. The number of ether oxygens (including phenoxy) is 1. The fourth-order valence-electron chi connectivity index (χ4n) is 2.09. The van der Waals surface area contributed by atoms with Crippen LogP contribution in [0.25, 0.3) is 10.7 Å². The number of nitrogens with one attached hydrogen (secondary N) is 1. The molecule has 0 aliphatic carbocycles. The molecule has 2 heterocycles. The molecule has 0 radical (unpaired) electrons. The van der Waals surface area contributed by atoms with Crippen LogP contribution in [0, 0.1) is 12.8 Å². The van der Waals surface area contributed by atoms with Crippen molar-refractivity contribution in [2.45, 2.75) is 33.7 Å². The van der Waals surface area contributed by atoms with E-state index in [0.717, 1.165) is 16.4 Å². The number of carbonyl (C=O) groups is 1. The van der Waals surface area contributed by atoms with Crippen molar-refractivity contribution >= 4 is 17.2 Å². The molecule has 5 nitrogen and oxygen atoms in total. The van der Waals surface area contributed by atoms with E-state index in [1.807, 2.05) is 32.0 Å². The van der Waals surface area contributed by atoms with E-state index in [2.05, 4.69) is 29.1 Å². The Morgan fingerprint density at radius 3 is 2.78 bits per heavy atom. The second-order valence-corrected chi connectivity index (χ2v) is 6.63. The molecule has 0 aromatic carbocycles. The molecule has 2 aromatic rings. The Balaban J connectivity index is 2.14. The molecule has 0 saturated heterocycles. The molecule has 1 unspecified atom stereocenters. The zero-order chi connectivity index (χ0) is 16.8. The minimum atomic E-state index is -0.0967. The Hall–Kier alpha value is -1.79. The van der Waals surface area contributed by atoms with E-state index in [-0.39, 0.29) is 11.9 Å². The van der Waals surface area contributed by atoms with Crippen LogP contribution in [-0.2, 0) is 4.74 Å². The molecule has 0 saturated carbocycles. The summed E-state index contributed by atoms with van der Waals surface area (Å²) in [5.41, 5.74) is 1.52. The molecule has 23 heavy (non-hydrogen) atoms. The van der Waals surface area contributed by atoms with E-state index in [9.17, 15) is 4.79 Å². The summed E-state index contributed by atoms with van der Waals surface area (Å²) in [6.07, 6.45) is 1.72. The molecule has 2 aromatic heterocycles. The second kappa shape index (κ2) is 8.17. The molecule has 0 spiro atoms. The number of rotatable bonds is 7. The van der Waals surface area contributed by atoms with E-state index in [1.54, 1.807) is 6.20 Å². The van der Waals surface area contributed by atoms with Crippen LogP contribution in [0.1, 0.15) is 36.1 Å². The predicted octanol–water partition coefficient (Wildman–Crippen LogP) is 3.30. The van der Waals surface area contributed by atoms with E-state index in [0.29, 0.717) is 24.0 Å².